The van der Waals surface area contributed by atoms with Crippen molar-refractivity contribution in [1.29, 1.82) is 0 Å². The Labute approximate surface area is 168 Å². The Balaban J connectivity index is 1.88. The van der Waals surface area contributed by atoms with Crippen LogP contribution in [0, 0.1) is 6.92 Å². The van der Waals surface area contributed by atoms with Crippen molar-refractivity contribution < 1.29 is 21.9 Å². The van der Waals surface area contributed by atoms with E-state index in [1.165, 1.54) is 36.5 Å². The number of aromatic nitrogens is 1. The quantitative estimate of drug-likeness (QED) is 0.568. The lowest BCUT2D eigenvalue weighted by Gasteiger charge is -2.15. The summed E-state index contributed by atoms with van der Waals surface area (Å²) in [7, 11) is -8.24. The summed E-state index contributed by atoms with van der Waals surface area (Å²) in [6, 6.07) is 12.2. The summed E-state index contributed by atoms with van der Waals surface area (Å²) >= 11 is 6.00. The summed E-state index contributed by atoms with van der Waals surface area (Å²) in [4.78, 5) is 3.77. The van der Waals surface area contributed by atoms with Gasteiger partial charge in [0.2, 0.25) is 19.9 Å². The third-order valence-corrected chi connectivity index (χ3v) is 7.95. The molecule has 1 atom stereocenters. The van der Waals surface area contributed by atoms with Crippen LogP contribution in [-0.2, 0) is 19.9 Å². The maximum Gasteiger partial charge on any atom is 0.241 e. The fourth-order valence-corrected chi connectivity index (χ4v) is 5.73. The third kappa shape index (κ3) is 3.89. The highest BCUT2D eigenvalue weighted by Crippen LogP contribution is 2.27. The van der Waals surface area contributed by atoms with Crippen LogP contribution >= 0.6 is 11.6 Å². The summed E-state index contributed by atoms with van der Waals surface area (Å²) in [5, 5.41) is 11.1. The van der Waals surface area contributed by atoms with E-state index in [4.69, 9.17) is 11.6 Å². The first-order chi connectivity index (χ1) is 13.1. The number of hydrogen-bond acceptors (Lipinski definition) is 6. The highest BCUT2D eigenvalue weighted by Gasteiger charge is 2.29. The molecule has 2 aromatic carbocycles. The van der Waals surface area contributed by atoms with Crippen molar-refractivity contribution in [3.8, 4) is 0 Å². The van der Waals surface area contributed by atoms with Crippen molar-refractivity contribution >= 4 is 42.2 Å². The van der Waals surface area contributed by atoms with Gasteiger partial charge in [0.15, 0.2) is 5.44 Å². The lowest BCUT2D eigenvalue weighted by molar-refractivity contribution is 0.251. The smallest absolute Gasteiger partial charge is 0.241 e. The maximum absolute atomic E-state index is 12.7. The van der Waals surface area contributed by atoms with Crippen molar-refractivity contribution in [2.75, 3.05) is 6.54 Å². The number of benzene rings is 2. The molecule has 1 aromatic heterocycles. The number of aliphatic hydroxyl groups excluding tert-OH is 1. The monoisotopic (exact) mass is 440 g/mol. The number of sulfone groups is 1. The summed E-state index contributed by atoms with van der Waals surface area (Å²) in [6.45, 7) is 0.895. The zero-order chi connectivity index (χ0) is 20.5. The van der Waals surface area contributed by atoms with Crippen LogP contribution in [-0.4, -0.2) is 38.9 Å². The number of halogens is 1. The highest BCUT2D eigenvalue weighted by atomic mass is 35.5. The second-order valence-corrected chi connectivity index (χ2v) is 10.2. The Morgan fingerprint density at radius 1 is 1.00 bits per heavy atom. The number of rotatable bonds is 6. The largest absolute Gasteiger partial charge is 0.376 e. The fourth-order valence-electron chi connectivity index (χ4n) is 2.77. The Hall–Kier alpha value is -2.04. The van der Waals surface area contributed by atoms with Crippen LogP contribution < -0.4 is 4.72 Å². The Morgan fingerprint density at radius 3 is 2.39 bits per heavy atom. The van der Waals surface area contributed by atoms with Crippen molar-refractivity contribution in [1.82, 2.24) is 9.71 Å². The molecule has 3 rings (SSSR count). The van der Waals surface area contributed by atoms with Crippen LogP contribution in [0.1, 0.15) is 5.56 Å². The molecule has 1 heterocycles. The molecule has 0 aliphatic carbocycles. The lowest BCUT2D eigenvalue weighted by atomic mass is 10.2. The number of aryl methyl sites for hydroxylation is 1. The Morgan fingerprint density at radius 2 is 1.68 bits per heavy atom. The van der Waals surface area contributed by atoms with Gasteiger partial charge in [-0.2, -0.15) is 0 Å². The summed E-state index contributed by atoms with van der Waals surface area (Å²) in [6.07, 6.45) is 1.38. The number of pyridine rings is 1. The predicted molar refractivity (Wildman–Crippen MR) is 106 cm³/mol. The molecule has 1 unspecified atom stereocenters. The van der Waals surface area contributed by atoms with Gasteiger partial charge in [-0.05, 0) is 30.7 Å². The number of aliphatic hydroxyl groups is 1. The molecule has 0 saturated carbocycles. The summed E-state index contributed by atoms with van der Waals surface area (Å²) in [5.74, 6) is 0. The van der Waals surface area contributed by atoms with E-state index in [2.05, 4.69) is 9.71 Å². The lowest BCUT2D eigenvalue weighted by Crippen LogP contribution is -2.37. The summed E-state index contributed by atoms with van der Waals surface area (Å²) in [5.41, 5.74) is -1.48. The van der Waals surface area contributed by atoms with Crippen molar-refractivity contribution in [2.24, 2.45) is 0 Å². The van der Waals surface area contributed by atoms with Gasteiger partial charge < -0.3 is 5.11 Å². The normalized spacial score (nSPS) is 13.5. The van der Waals surface area contributed by atoms with E-state index in [1.807, 2.05) is 0 Å². The molecule has 0 saturated heterocycles. The van der Waals surface area contributed by atoms with E-state index in [1.54, 1.807) is 25.1 Å². The highest BCUT2D eigenvalue weighted by molar-refractivity contribution is 7.92. The maximum atomic E-state index is 12.7. The molecule has 3 aromatic rings. The molecule has 7 nitrogen and oxygen atoms in total. The SMILES string of the molecule is Cc1ccccc1S(=O)(=O)C(O)CNS(=O)(=O)c1cccc2c(Cl)nccc12. The van der Waals surface area contributed by atoms with Crippen LogP contribution in [0.3, 0.4) is 0 Å². The van der Waals surface area contributed by atoms with Gasteiger partial charge in [0.25, 0.3) is 0 Å². The van der Waals surface area contributed by atoms with E-state index in [0.29, 0.717) is 16.3 Å². The van der Waals surface area contributed by atoms with Crippen LogP contribution in [0.15, 0.2) is 64.5 Å². The average Bonchev–Trinajstić information content (AvgIpc) is 2.66. The van der Waals surface area contributed by atoms with Crippen LogP contribution in [0.25, 0.3) is 10.8 Å². The molecule has 0 bridgehead atoms. The van der Waals surface area contributed by atoms with Gasteiger partial charge in [0, 0.05) is 17.0 Å². The van der Waals surface area contributed by atoms with Gasteiger partial charge >= 0.3 is 0 Å². The zero-order valence-corrected chi connectivity index (χ0v) is 17.1. The van der Waals surface area contributed by atoms with Crippen LogP contribution in [0.2, 0.25) is 5.15 Å². The van der Waals surface area contributed by atoms with Crippen LogP contribution in [0.4, 0.5) is 0 Å². The third-order valence-electron chi connectivity index (χ3n) is 4.21. The van der Waals surface area contributed by atoms with Gasteiger partial charge in [0.05, 0.1) is 16.3 Å². The predicted octanol–water partition coefficient (Wildman–Crippen LogP) is 2.27. The second kappa shape index (κ2) is 7.76. The first kappa shape index (κ1) is 20.7. The van der Waals surface area contributed by atoms with Gasteiger partial charge in [0.1, 0.15) is 5.15 Å². The molecule has 10 heteroatoms. The minimum absolute atomic E-state index is 0.0512. The number of nitrogens with one attached hydrogen (secondary N) is 1. The van der Waals surface area contributed by atoms with E-state index in [9.17, 15) is 21.9 Å². The van der Waals surface area contributed by atoms with Gasteiger partial charge in [-0.1, -0.05) is 41.9 Å². The van der Waals surface area contributed by atoms with Gasteiger partial charge in [-0.15, -0.1) is 0 Å². The second-order valence-electron chi connectivity index (χ2n) is 6.07. The average molecular weight is 441 g/mol. The molecular formula is C18H17ClN2O5S2. The molecule has 0 amide bonds. The summed E-state index contributed by atoms with van der Waals surface area (Å²) < 4.78 is 52.7. The van der Waals surface area contributed by atoms with Crippen molar-refractivity contribution in [3.63, 3.8) is 0 Å². The minimum atomic E-state index is -4.13. The molecule has 2 N–H and O–H groups in total. The van der Waals surface area contributed by atoms with Crippen LogP contribution in [0.5, 0.6) is 0 Å². The standard InChI is InChI=1S/C18H17ClN2O5S2/c1-12-5-2-3-7-15(12)27(23,24)17(22)11-21-28(25,26)16-8-4-6-14-13(16)9-10-20-18(14)19/h2-10,17,21-22H,11H2,1H3. The molecule has 0 fully saturated rings. The number of hydrogen-bond donors (Lipinski definition) is 2. The van der Waals surface area contributed by atoms with Crippen molar-refractivity contribution in [3.05, 3.63) is 65.4 Å². The molecular weight excluding hydrogens is 424 g/mol. The fraction of sp³-hybridized carbons (Fsp3) is 0.167. The van der Waals surface area contributed by atoms with E-state index in [0.717, 1.165) is 0 Å². The van der Waals surface area contributed by atoms with E-state index >= 15 is 0 Å². The first-order valence-corrected chi connectivity index (χ1v) is 11.6. The molecule has 28 heavy (non-hydrogen) atoms. The number of nitrogens with zero attached hydrogens (tertiary/aromatic N) is 1. The van der Waals surface area contributed by atoms with Gasteiger partial charge in [-0.25, -0.2) is 26.5 Å². The molecule has 148 valence electrons. The topological polar surface area (TPSA) is 113 Å². The molecule has 0 spiro atoms. The number of fused-ring (bicyclic) bond motifs is 1. The molecule has 0 aliphatic heterocycles. The molecule has 0 radical (unpaired) electrons. The van der Waals surface area contributed by atoms with Gasteiger partial charge in [-0.3, -0.25) is 0 Å². The van der Waals surface area contributed by atoms with Crippen molar-refractivity contribution in [2.45, 2.75) is 22.2 Å². The minimum Gasteiger partial charge on any atom is -0.376 e. The number of sulfonamides is 1. The van der Waals surface area contributed by atoms with E-state index < -0.39 is 31.8 Å². The zero-order valence-electron chi connectivity index (χ0n) is 14.7. The first-order valence-electron chi connectivity index (χ1n) is 8.15. The van der Waals surface area contributed by atoms with E-state index in [-0.39, 0.29) is 14.9 Å². The Bertz CT molecular complexity index is 1240. The molecule has 0 aliphatic rings. The Kier molecular flexibility index (Phi) is 5.74.